The molecule has 0 fully saturated rings. The third kappa shape index (κ3) is 4.13. The van der Waals surface area contributed by atoms with Gasteiger partial charge in [0.1, 0.15) is 5.75 Å². The second-order valence-electron chi connectivity index (χ2n) is 6.27. The van der Waals surface area contributed by atoms with E-state index in [1.165, 1.54) is 10.0 Å². The molecule has 0 saturated carbocycles. The van der Waals surface area contributed by atoms with Gasteiger partial charge in [-0.1, -0.05) is 56.7 Å². The molecule has 1 nitrogen and oxygen atoms in total. The van der Waals surface area contributed by atoms with Gasteiger partial charge in [-0.2, -0.15) is 0 Å². The van der Waals surface area contributed by atoms with Gasteiger partial charge in [-0.25, -0.2) is 0 Å². The van der Waals surface area contributed by atoms with E-state index in [1.807, 2.05) is 6.07 Å². The maximum Gasteiger partial charge on any atom is 0.119 e. The van der Waals surface area contributed by atoms with Crippen molar-refractivity contribution in [3.8, 4) is 5.75 Å². The lowest BCUT2D eigenvalue weighted by Crippen LogP contribution is -2.27. The van der Waals surface area contributed by atoms with E-state index in [0.717, 1.165) is 12.4 Å². The van der Waals surface area contributed by atoms with Crippen LogP contribution in [0.15, 0.2) is 22.7 Å². The number of hydrogen-bond acceptors (Lipinski definition) is 1. The highest BCUT2D eigenvalue weighted by atomic mass is 79.9. The average Bonchev–Trinajstić information content (AvgIpc) is 2.27. The van der Waals surface area contributed by atoms with E-state index in [4.69, 9.17) is 4.74 Å². The Kier molecular flexibility index (Phi) is 5.47. The Morgan fingerprint density at radius 1 is 1.28 bits per heavy atom. The lowest BCUT2D eigenvalue weighted by molar-refractivity contribution is 0.276. The zero-order valence-corrected chi connectivity index (χ0v) is 15.1. The molecular weight excluding hydrogens is 304 g/mol. The Labute approximate surface area is 122 Å². The third-order valence-electron chi connectivity index (χ3n) is 3.76. The first-order chi connectivity index (χ1) is 8.24. The van der Waals surface area contributed by atoms with Crippen molar-refractivity contribution in [1.82, 2.24) is 0 Å². The number of halogens is 1. The first-order valence-electron chi connectivity index (χ1n) is 6.66. The lowest BCUT2D eigenvalue weighted by Gasteiger charge is -2.28. The SMILES string of the molecule is CC(C)c1cc(OCC(C)(C)[SiH](C)C)ccc1Br. The summed E-state index contributed by atoms with van der Waals surface area (Å²) in [6.45, 7) is 14.6. The Morgan fingerprint density at radius 3 is 2.39 bits per heavy atom. The second kappa shape index (κ2) is 6.24. The summed E-state index contributed by atoms with van der Waals surface area (Å²) in [5, 5.41) is 0.338. The van der Waals surface area contributed by atoms with E-state index >= 15 is 0 Å². The highest BCUT2D eigenvalue weighted by Crippen LogP contribution is 2.32. The average molecular weight is 329 g/mol. The zero-order chi connectivity index (χ0) is 13.9. The maximum absolute atomic E-state index is 5.99. The van der Waals surface area contributed by atoms with Crippen LogP contribution in [0.1, 0.15) is 39.2 Å². The highest BCUT2D eigenvalue weighted by molar-refractivity contribution is 9.10. The fourth-order valence-corrected chi connectivity index (χ4v) is 2.61. The summed E-state index contributed by atoms with van der Waals surface area (Å²) in [5.74, 6) is 1.50. The van der Waals surface area contributed by atoms with Gasteiger partial charge in [0.25, 0.3) is 0 Å². The van der Waals surface area contributed by atoms with E-state index in [-0.39, 0.29) is 0 Å². The third-order valence-corrected chi connectivity index (χ3v) is 7.78. The lowest BCUT2D eigenvalue weighted by atomic mass is 10.0. The molecule has 0 radical (unpaired) electrons. The standard InChI is InChI=1S/C15H25BrOSi/c1-11(2)13-9-12(7-8-14(13)16)17-10-15(3,4)18(5)6/h7-9,11,18H,10H2,1-6H3. The monoisotopic (exact) mass is 328 g/mol. The molecule has 0 unspecified atom stereocenters. The molecule has 0 N–H and O–H groups in total. The van der Waals surface area contributed by atoms with Crippen molar-refractivity contribution in [2.24, 2.45) is 0 Å². The number of hydrogen-bond donors (Lipinski definition) is 0. The fourth-order valence-electron chi connectivity index (χ4n) is 1.49. The molecule has 102 valence electrons. The zero-order valence-electron chi connectivity index (χ0n) is 12.4. The molecule has 0 atom stereocenters. The van der Waals surface area contributed by atoms with Crippen molar-refractivity contribution in [3.63, 3.8) is 0 Å². The number of ether oxygens (including phenoxy) is 1. The van der Waals surface area contributed by atoms with Gasteiger partial charge < -0.3 is 4.74 Å². The van der Waals surface area contributed by atoms with Crippen molar-refractivity contribution >= 4 is 24.7 Å². The Bertz CT molecular complexity index is 399. The largest absolute Gasteiger partial charge is 0.493 e. The van der Waals surface area contributed by atoms with E-state index in [1.54, 1.807) is 0 Å². The van der Waals surface area contributed by atoms with Crippen LogP contribution in [0.25, 0.3) is 0 Å². The summed E-state index contributed by atoms with van der Waals surface area (Å²) in [6, 6.07) is 6.30. The molecule has 0 aliphatic carbocycles. The summed E-state index contributed by atoms with van der Waals surface area (Å²) in [7, 11) is -0.697. The molecule has 1 aromatic rings. The molecule has 0 heterocycles. The smallest absolute Gasteiger partial charge is 0.119 e. The van der Waals surface area contributed by atoms with Crippen molar-refractivity contribution in [3.05, 3.63) is 28.2 Å². The Balaban J connectivity index is 2.78. The van der Waals surface area contributed by atoms with Gasteiger partial charge in [-0.05, 0) is 34.7 Å². The molecule has 0 aromatic heterocycles. The molecule has 0 aliphatic rings. The predicted molar refractivity (Wildman–Crippen MR) is 86.6 cm³/mol. The molecular formula is C15H25BrOSi. The van der Waals surface area contributed by atoms with Crippen LogP contribution in [-0.2, 0) is 0 Å². The van der Waals surface area contributed by atoms with Crippen LogP contribution >= 0.6 is 15.9 Å². The molecule has 0 amide bonds. The van der Waals surface area contributed by atoms with E-state index in [9.17, 15) is 0 Å². The molecule has 3 heteroatoms. The molecule has 0 bridgehead atoms. The molecule has 18 heavy (non-hydrogen) atoms. The van der Waals surface area contributed by atoms with Crippen molar-refractivity contribution < 1.29 is 4.74 Å². The van der Waals surface area contributed by atoms with Gasteiger partial charge in [0.2, 0.25) is 0 Å². The topological polar surface area (TPSA) is 9.23 Å². The van der Waals surface area contributed by atoms with Crippen molar-refractivity contribution in [1.29, 1.82) is 0 Å². The van der Waals surface area contributed by atoms with Crippen LogP contribution in [0.3, 0.4) is 0 Å². The quantitative estimate of drug-likeness (QED) is 0.673. The molecule has 0 spiro atoms. The number of benzene rings is 1. The summed E-state index contributed by atoms with van der Waals surface area (Å²) in [6.07, 6.45) is 0. The van der Waals surface area contributed by atoms with Crippen LogP contribution in [0.5, 0.6) is 5.75 Å². The summed E-state index contributed by atoms with van der Waals surface area (Å²) in [4.78, 5) is 0. The van der Waals surface area contributed by atoms with Gasteiger partial charge >= 0.3 is 0 Å². The normalized spacial score (nSPS) is 12.3. The van der Waals surface area contributed by atoms with Crippen LogP contribution in [-0.4, -0.2) is 15.4 Å². The molecule has 1 aromatic carbocycles. The summed E-state index contributed by atoms with van der Waals surface area (Å²) < 4.78 is 7.16. The minimum absolute atomic E-state index is 0.338. The van der Waals surface area contributed by atoms with E-state index in [0.29, 0.717) is 11.0 Å². The first-order valence-corrected chi connectivity index (χ1v) is 10.3. The highest BCUT2D eigenvalue weighted by Gasteiger charge is 2.24. The van der Waals surface area contributed by atoms with Gasteiger partial charge in [0.05, 0.1) is 6.61 Å². The summed E-state index contributed by atoms with van der Waals surface area (Å²) >= 11 is 3.60. The van der Waals surface area contributed by atoms with Crippen molar-refractivity contribution in [2.45, 2.75) is 51.7 Å². The predicted octanol–water partition coefficient (Wildman–Crippen LogP) is 5.22. The first kappa shape index (κ1) is 15.8. The van der Waals surface area contributed by atoms with Gasteiger partial charge in [-0.15, -0.1) is 0 Å². The van der Waals surface area contributed by atoms with Gasteiger partial charge in [0.15, 0.2) is 0 Å². The van der Waals surface area contributed by atoms with Crippen molar-refractivity contribution in [2.75, 3.05) is 6.61 Å². The fraction of sp³-hybridized carbons (Fsp3) is 0.600. The Morgan fingerprint density at radius 2 is 1.89 bits per heavy atom. The molecule has 0 saturated heterocycles. The van der Waals surface area contributed by atoms with Crippen LogP contribution in [0.4, 0.5) is 0 Å². The van der Waals surface area contributed by atoms with Crippen LogP contribution in [0, 0.1) is 0 Å². The number of rotatable bonds is 5. The van der Waals surface area contributed by atoms with Gasteiger partial charge in [-0.3, -0.25) is 0 Å². The summed E-state index contributed by atoms with van der Waals surface area (Å²) in [5.41, 5.74) is 1.31. The molecule has 1 rings (SSSR count). The van der Waals surface area contributed by atoms with E-state index < -0.39 is 8.80 Å². The minimum Gasteiger partial charge on any atom is -0.493 e. The maximum atomic E-state index is 5.99. The second-order valence-corrected chi connectivity index (χ2v) is 11.0. The van der Waals surface area contributed by atoms with Crippen LogP contribution < -0.4 is 4.74 Å². The molecule has 0 aliphatic heterocycles. The van der Waals surface area contributed by atoms with Crippen LogP contribution in [0.2, 0.25) is 18.1 Å². The van der Waals surface area contributed by atoms with Gasteiger partial charge in [0, 0.05) is 13.3 Å². The minimum atomic E-state index is -0.697. The Hall–Kier alpha value is -0.283. The van der Waals surface area contributed by atoms with E-state index in [2.05, 4.69) is 68.9 Å².